The minimum absolute atomic E-state index is 0. The highest BCUT2D eigenvalue weighted by molar-refractivity contribution is 6.30. The summed E-state index contributed by atoms with van der Waals surface area (Å²) in [5, 5.41) is 0.707. The number of benzene rings is 2. The van der Waals surface area contributed by atoms with E-state index in [9.17, 15) is 0 Å². The van der Waals surface area contributed by atoms with Gasteiger partial charge in [0.05, 0.1) is 0 Å². The van der Waals surface area contributed by atoms with Gasteiger partial charge in [0, 0.05) is 23.8 Å². The van der Waals surface area contributed by atoms with E-state index in [1.165, 1.54) is 5.56 Å². The summed E-state index contributed by atoms with van der Waals surface area (Å²) in [6, 6.07) is 15.6. The van der Waals surface area contributed by atoms with E-state index < -0.39 is 0 Å². The number of aromatic nitrogens is 2. The molecule has 0 bridgehead atoms. The lowest BCUT2D eigenvalue weighted by Crippen LogP contribution is -2.05. The van der Waals surface area contributed by atoms with Gasteiger partial charge in [0.1, 0.15) is 17.3 Å². The summed E-state index contributed by atoms with van der Waals surface area (Å²) in [4.78, 5) is 7.43. The first-order valence-electron chi connectivity index (χ1n) is 7.69. The van der Waals surface area contributed by atoms with Gasteiger partial charge in [-0.2, -0.15) is 0 Å². The lowest BCUT2D eigenvalue weighted by Gasteiger charge is -2.11. The molecule has 2 aromatic carbocycles. The molecule has 5 heteroatoms. The Bertz CT molecular complexity index is 725. The number of rotatable bonds is 6. The van der Waals surface area contributed by atoms with Crippen LogP contribution < -0.4 is 4.74 Å². The molecule has 24 heavy (non-hydrogen) atoms. The average molecular weight is 363 g/mol. The fourth-order valence-electron chi connectivity index (χ4n) is 2.55. The predicted molar refractivity (Wildman–Crippen MR) is 100 cm³/mol. The highest BCUT2D eigenvalue weighted by Crippen LogP contribution is 2.24. The zero-order chi connectivity index (χ0) is 16.1. The molecule has 126 valence electrons. The number of H-pyrrole nitrogens is 1. The first-order chi connectivity index (χ1) is 11.2. The lowest BCUT2D eigenvalue weighted by molar-refractivity contribution is 0.482. The Balaban J connectivity index is 0.00000208. The first kappa shape index (κ1) is 18.4. The van der Waals surface area contributed by atoms with Gasteiger partial charge in [0.2, 0.25) is 0 Å². The Kier molecular flexibility index (Phi) is 6.71. The van der Waals surface area contributed by atoms with Crippen molar-refractivity contribution in [1.82, 2.24) is 9.97 Å². The first-order valence-corrected chi connectivity index (χ1v) is 8.07. The SMILES string of the molecule is CC(Cc1ccc(Oc2ccc(Cl)cc2)cc1)Cc1ncc[nH]1.Cl. The maximum absolute atomic E-state index is 5.87. The monoisotopic (exact) mass is 362 g/mol. The number of imidazole rings is 1. The van der Waals surface area contributed by atoms with Crippen LogP contribution in [0.25, 0.3) is 0 Å². The van der Waals surface area contributed by atoms with Crippen molar-refractivity contribution in [1.29, 1.82) is 0 Å². The Hall–Kier alpha value is -1.97. The van der Waals surface area contributed by atoms with Crippen LogP contribution in [-0.4, -0.2) is 9.97 Å². The fourth-order valence-corrected chi connectivity index (χ4v) is 2.67. The van der Waals surface area contributed by atoms with Gasteiger partial charge >= 0.3 is 0 Å². The molecule has 0 radical (unpaired) electrons. The summed E-state index contributed by atoms with van der Waals surface area (Å²) in [6.07, 6.45) is 5.63. The molecule has 3 rings (SSSR count). The Morgan fingerprint density at radius 1 is 1.00 bits per heavy atom. The summed E-state index contributed by atoms with van der Waals surface area (Å²) in [7, 11) is 0. The van der Waals surface area contributed by atoms with E-state index in [1.54, 1.807) is 6.20 Å². The largest absolute Gasteiger partial charge is 0.457 e. The Morgan fingerprint density at radius 3 is 2.21 bits per heavy atom. The third-order valence-electron chi connectivity index (χ3n) is 3.65. The molecule has 0 aliphatic heterocycles. The van der Waals surface area contributed by atoms with Crippen molar-refractivity contribution in [2.75, 3.05) is 0 Å². The molecule has 0 spiro atoms. The summed E-state index contributed by atoms with van der Waals surface area (Å²) < 4.78 is 5.80. The van der Waals surface area contributed by atoms with Crippen LogP contribution in [0.15, 0.2) is 60.9 Å². The lowest BCUT2D eigenvalue weighted by atomic mass is 9.98. The molecule has 1 atom stereocenters. The predicted octanol–water partition coefficient (Wildman–Crippen LogP) is 5.70. The molecule has 0 saturated carbocycles. The topological polar surface area (TPSA) is 37.9 Å². The van der Waals surface area contributed by atoms with Crippen LogP contribution in [0.4, 0.5) is 0 Å². The van der Waals surface area contributed by atoms with Crippen LogP contribution in [0.5, 0.6) is 11.5 Å². The van der Waals surface area contributed by atoms with Crippen LogP contribution in [0.1, 0.15) is 18.3 Å². The zero-order valence-corrected chi connectivity index (χ0v) is 15.0. The maximum atomic E-state index is 5.87. The minimum atomic E-state index is 0. The van der Waals surface area contributed by atoms with Crippen molar-refractivity contribution < 1.29 is 4.74 Å². The van der Waals surface area contributed by atoms with Gasteiger partial charge in [-0.25, -0.2) is 4.98 Å². The smallest absolute Gasteiger partial charge is 0.127 e. The molecule has 0 aliphatic rings. The van der Waals surface area contributed by atoms with Crippen molar-refractivity contribution in [2.24, 2.45) is 5.92 Å². The Morgan fingerprint density at radius 2 is 1.62 bits per heavy atom. The van der Waals surface area contributed by atoms with Gasteiger partial charge in [-0.05, 0) is 54.3 Å². The van der Waals surface area contributed by atoms with Crippen molar-refractivity contribution in [3.8, 4) is 11.5 Å². The van der Waals surface area contributed by atoms with Crippen molar-refractivity contribution in [3.63, 3.8) is 0 Å². The van der Waals surface area contributed by atoms with Gasteiger partial charge in [-0.1, -0.05) is 30.7 Å². The van der Waals surface area contributed by atoms with E-state index in [4.69, 9.17) is 16.3 Å². The number of aromatic amines is 1. The molecule has 1 aromatic heterocycles. The molecule has 0 aliphatic carbocycles. The number of nitrogens with zero attached hydrogens (tertiary/aromatic N) is 1. The summed E-state index contributed by atoms with van der Waals surface area (Å²) in [6.45, 7) is 2.24. The molecule has 3 aromatic rings. The molecule has 1 unspecified atom stereocenters. The van der Waals surface area contributed by atoms with Gasteiger partial charge in [-0.3, -0.25) is 0 Å². The van der Waals surface area contributed by atoms with Crippen molar-refractivity contribution in [3.05, 3.63) is 77.3 Å². The van der Waals surface area contributed by atoms with Crippen LogP contribution in [-0.2, 0) is 12.8 Å². The van der Waals surface area contributed by atoms with Gasteiger partial charge in [0.15, 0.2) is 0 Å². The molecule has 1 heterocycles. The molecule has 0 fully saturated rings. The number of hydrogen-bond acceptors (Lipinski definition) is 2. The molecule has 0 amide bonds. The molecule has 0 saturated heterocycles. The number of ether oxygens (including phenoxy) is 1. The average Bonchev–Trinajstić information content (AvgIpc) is 3.04. The zero-order valence-electron chi connectivity index (χ0n) is 13.4. The van der Waals surface area contributed by atoms with E-state index in [-0.39, 0.29) is 12.4 Å². The van der Waals surface area contributed by atoms with Gasteiger partial charge in [0.25, 0.3) is 0 Å². The normalized spacial score (nSPS) is 11.6. The van der Waals surface area contributed by atoms with Crippen LogP contribution in [0.3, 0.4) is 0 Å². The van der Waals surface area contributed by atoms with E-state index in [0.29, 0.717) is 10.9 Å². The second kappa shape index (κ2) is 8.76. The summed E-state index contributed by atoms with van der Waals surface area (Å²) >= 11 is 5.87. The maximum Gasteiger partial charge on any atom is 0.127 e. The van der Waals surface area contributed by atoms with Gasteiger partial charge < -0.3 is 9.72 Å². The van der Waals surface area contributed by atoms with E-state index in [1.807, 2.05) is 42.6 Å². The number of nitrogens with one attached hydrogen (secondary N) is 1. The van der Waals surface area contributed by atoms with Crippen molar-refractivity contribution >= 4 is 24.0 Å². The van der Waals surface area contributed by atoms with E-state index in [2.05, 4.69) is 29.0 Å². The van der Waals surface area contributed by atoms with E-state index >= 15 is 0 Å². The highest BCUT2D eigenvalue weighted by Gasteiger charge is 2.07. The second-order valence-corrected chi connectivity index (χ2v) is 6.19. The molecule has 1 N–H and O–H groups in total. The standard InChI is InChI=1S/C19H19ClN2O.ClH/c1-14(13-19-21-10-11-22-19)12-15-2-6-17(7-3-15)23-18-8-4-16(20)5-9-18;/h2-11,14H,12-13H2,1H3,(H,21,22);1H. The molecule has 3 nitrogen and oxygen atoms in total. The van der Waals surface area contributed by atoms with Crippen LogP contribution >= 0.6 is 24.0 Å². The third kappa shape index (κ3) is 5.29. The third-order valence-corrected chi connectivity index (χ3v) is 3.91. The van der Waals surface area contributed by atoms with Crippen LogP contribution in [0.2, 0.25) is 5.02 Å². The van der Waals surface area contributed by atoms with Crippen molar-refractivity contribution in [2.45, 2.75) is 19.8 Å². The quantitative estimate of drug-likeness (QED) is 0.610. The van der Waals surface area contributed by atoms with Gasteiger partial charge in [-0.15, -0.1) is 12.4 Å². The highest BCUT2D eigenvalue weighted by atomic mass is 35.5. The second-order valence-electron chi connectivity index (χ2n) is 5.75. The Labute approximate surface area is 153 Å². The number of hydrogen-bond donors (Lipinski definition) is 1. The summed E-state index contributed by atoms with van der Waals surface area (Å²) in [5.41, 5.74) is 1.30. The number of halogens is 2. The van der Waals surface area contributed by atoms with Crippen LogP contribution in [0, 0.1) is 5.92 Å². The fraction of sp³-hybridized carbons (Fsp3) is 0.211. The van der Waals surface area contributed by atoms with E-state index in [0.717, 1.165) is 30.2 Å². The minimum Gasteiger partial charge on any atom is -0.457 e. The molecular weight excluding hydrogens is 343 g/mol. The molecular formula is C19H20Cl2N2O. The summed E-state index contributed by atoms with van der Waals surface area (Å²) in [5.74, 6) is 3.19.